The zero-order chi connectivity index (χ0) is 35.0. The maximum Gasteiger partial charge on any atom is 0.331 e. The average Bonchev–Trinajstić information content (AvgIpc) is 3.10. The van der Waals surface area contributed by atoms with E-state index in [0.717, 1.165) is 17.2 Å². The summed E-state index contributed by atoms with van der Waals surface area (Å²) in [6.07, 6.45) is -2.38. The summed E-state index contributed by atoms with van der Waals surface area (Å²) in [5.41, 5.74) is 2.71. The van der Waals surface area contributed by atoms with Gasteiger partial charge < -0.3 is 58.9 Å². The number of ether oxygens (including phenoxy) is 6. The number of amides is 1. The Hall–Kier alpha value is -4.60. The average molecular weight is 682 g/mol. The summed E-state index contributed by atoms with van der Waals surface area (Å²) in [6, 6.07) is 7.49. The van der Waals surface area contributed by atoms with Crippen LogP contribution in [0, 0.1) is 11.8 Å². The molecule has 9 atom stereocenters. The number of fused-ring (bicyclic) bond motifs is 4. The zero-order valence-electron chi connectivity index (χ0n) is 26.9. The Morgan fingerprint density at radius 2 is 1.82 bits per heavy atom. The van der Waals surface area contributed by atoms with Gasteiger partial charge in [0.2, 0.25) is 12.6 Å². The summed E-state index contributed by atoms with van der Waals surface area (Å²) >= 11 is 0. The second kappa shape index (κ2) is 14.1. The van der Waals surface area contributed by atoms with Gasteiger partial charge in [-0.2, -0.15) is 0 Å². The lowest BCUT2D eigenvalue weighted by molar-refractivity contribution is -0.340. The lowest BCUT2D eigenvalue weighted by Crippen LogP contribution is -2.61. The summed E-state index contributed by atoms with van der Waals surface area (Å²) in [5, 5.41) is 51.8. The largest absolute Gasteiger partial charge is 0.504 e. The molecular formula is C35H39NO13. The fourth-order valence-electron chi connectivity index (χ4n) is 6.95. The summed E-state index contributed by atoms with van der Waals surface area (Å²) in [6.45, 7) is 3.76. The molecule has 0 radical (unpaired) electrons. The third kappa shape index (κ3) is 6.45. The standard InChI is InChI=1S/C35H39NO13/c1-4-19-21-13-23-20-14-25(39)27(45-3)12-18(20)9-10-36(23)33(43)22(21)16-46-34(19)49-35-32(31(42)30(41)28(15-37)47-35)48-29(40)8-6-17-5-7-24(38)26(11-17)44-2/h4-8,11-12,14,16,19,21,23,28,30-32,34-35,37-39,41-42H,1,9-10,13,15H2,2-3H3/b8-6+/t19-,21+,23-,28-,30-,31+,32-,34+,35+/m1/s1. The first kappa shape index (κ1) is 34.3. The number of benzene rings is 2. The first-order chi connectivity index (χ1) is 23.6. The molecule has 6 rings (SSSR count). The van der Waals surface area contributed by atoms with Gasteiger partial charge in [-0.1, -0.05) is 12.1 Å². The van der Waals surface area contributed by atoms with Crippen molar-refractivity contribution in [1.82, 2.24) is 4.90 Å². The monoisotopic (exact) mass is 681 g/mol. The molecular weight excluding hydrogens is 642 g/mol. The number of carbonyl (C=O) groups is 2. The van der Waals surface area contributed by atoms with Gasteiger partial charge in [0.25, 0.3) is 5.91 Å². The van der Waals surface area contributed by atoms with Crippen LogP contribution in [0.15, 0.2) is 60.9 Å². The molecule has 4 aliphatic heterocycles. The highest BCUT2D eigenvalue weighted by Crippen LogP contribution is 2.49. The number of aliphatic hydroxyl groups excluding tert-OH is 3. The van der Waals surface area contributed by atoms with Gasteiger partial charge in [0.05, 0.1) is 38.7 Å². The molecule has 262 valence electrons. The van der Waals surface area contributed by atoms with Crippen molar-refractivity contribution >= 4 is 18.0 Å². The minimum Gasteiger partial charge on any atom is -0.504 e. The Bertz CT molecular complexity index is 1660. The van der Waals surface area contributed by atoms with Gasteiger partial charge >= 0.3 is 5.97 Å². The molecule has 14 heteroatoms. The van der Waals surface area contributed by atoms with Crippen LogP contribution in [0.4, 0.5) is 0 Å². The van der Waals surface area contributed by atoms with Crippen LogP contribution in [-0.4, -0.2) is 107 Å². The van der Waals surface area contributed by atoms with Gasteiger partial charge in [-0.05, 0) is 59.9 Å². The number of phenolic OH excluding ortho intramolecular Hbond substituents is 2. The number of nitrogens with zero attached hydrogens (tertiary/aromatic N) is 1. The van der Waals surface area contributed by atoms with E-state index in [1.807, 2.05) is 0 Å². The van der Waals surface area contributed by atoms with Crippen molar-refractivity contribution in [3.8, 4) is 23.0 Å². The minimum atomic E-state index is -1.72. The minimum absolute atomic E-state index is 0.0304. The van der Waals surface area contributed by atoms with Crippen molar-refractivity contribution in [3.63, 3.8) is 0 Å². The van der Waals surface area contributed by atoms with E-state index in [1.165, 1.54) is 38.7 Å². The number of hydrogen-bond donors (Lipinski definition) is 5. The van der Waals surface area contributed by atoms with Crippen LogP contribution < -0.4 is 9.47 Å². The fourth-order valence-corrected chi connectivity index (χ4v) is 6.95. The molecule has 2 aromatic carbocycles. The Morgan fingerprint density at radius 1 is 1.06 bits per heavy atom. The molecule has 14 nitrogen and oxygen atoms in total. The van der Waals surface area contributed by atoms with Gasteiger partial charge in [0.1, 0.15) is 18.3 Å². The zero-order valence-corrected chi connectivity index (χ0v) is 26.9. The third-order valence-electron chi connectivity index (χ3n) is 9.52. The van der Waals surface area contributed by atoms with Crippen LogP contribution >= 0.6 is 0 Å². The third-order valence-corrected chi connectivity index (χ3v) is 9.52. The highest BCUT2D eigenvalue weighted by molar-refractivity contribution is 5.95. The Kier molecular flexibility index (Phi) is 9.86. The fraction of sp³-hybridized carbons (Fsp3) is 0.429. The number of rotatable bonds is 9. The van der Waals surface area contributed by atoms with Crippen molar-refractivity contribution in [2.45, 2.75) is 55.9 Å². The molecule has 0 bridgehead atoms. The molecule has 5 N–H and O–H groups in total. The Morgan fingerprint density at radius 3 is 2.53 bits per heavy atom. The van der Waals surface area contributed by atoms with Crippen molar-refractivity contribution in [2.75, 3.05) is 27.4 Å². The maximum atomic E-state index is 13.7. The van der Waals surface area contributed by atoms with Crippen LogP contribution in [0.3, 0.4) is 0 Å². The second-order valence-corrected chi connectivity index (χ2v) is 12.2. The second-order valence-electron chi connectivity index (χ2n) is 12.2. The molecule has 0 unspecified atom stereocenters. The molecule has 2 fully saturated rings. The summed E-state index contributed by atoms with van der Waals surface area (Å²) in [5.74, 6) is -1.75. The van der Waals surface area contributed by atoms with E-state index in [2.05, 4.69) is 6.58 Å². The lowest BCUT2D eigenvalue weighted by Gasteiger charge is -2.49. The van der Waals surface area contributed by atoms with E-state index in [4.69, 9.17) is 28.4 Å². The smallest absolute Gasteiger partial charge is 0.331 e. The van der Waals surface area contributed by atoms with E-state index >= 15 is 0 Å². The SMILES string of the molecule is C=C[C@H]1[C@H](O[C@@H]2O[C@H](CO)[C@@H](O)[C@H](O)[C@H]2OC(=O)/C=C/c2ccc(O)c(OC)c2)OC=C2C(=O)N3CCc4cc(OC)c(O)cc4[C@H]3C[C@H]21. The Labute approximate surface area is 282 Å². The highest BCUT2D eigenvalue weighted by atomic mass is 16.8. The maximum absolute atomic E-state index is 13.7. The van der Waals surface area contributed by atoms with Crippen LogP contribution in [-0.2, 0) is 35.0 Å². The number of methoxy groups -OCH3 is 2. The van der Waals surface area contributed by atoms with E-state index in [0.29, 0.717) is 36.3 Å². The molecule has 0 saturated carbocycles. The first-order valence-corrected chi connectivity index (χ1v) is 15.8. The number of piperidine rings is 1. The number of phenols is 2. The van der Waals surface area contributed by atoms with E-state index in [9.17, 15) is 35.1 Å². The van der Waals surface area contributed by atoms with Crippen LogP contribution in [0.5, 0.6) is 23.0 Å². The highest BCUT2D eigenvalue weighted by Gasteiger charge is 2.52. The molecule has 0 spiro atoms. The van der Waals surface area contributed by atoms with Crippen molar-refractivity contribution < 1.29 is 63.5 Å². The number of carbonyl (C=O) groups excluding carboxylic acids is 2. The summed E-state index contributed by atoms with van der Waals surface area (Å²) in [4.78, 5) is 28.4. The molecule has 49 heavy (non-hydrogen) atoms. The topological polar surface area (TPSA) is 194 Å². The van der Waals surface area contributed by atoms with E-state index in [1.54, 1.807) is 29.2 Å². The van der Waals surface area contributed by atoms with Crippen LogP contribution in [0.1, 0.15) is 29.2 Å². The number of aromatic hydroxyl groups is 2. The predicted molar refractivity (Wildman–Crippen MR) is 170 cm³/mol. The number of aliphatic hydroxyl groups is 3. The van der Waals surface area contributed by atoms with Crippen molar-refractivity contribution in [3.05, 3.63) is 77.6 Å². The first-order valence-electron chi connectivity index (χ1n) is 15.8. The van der Waals surface area contributed by atoms with Gasteiger partial charge in [0, 0.05) is 24.5 Å². The van der Waals surface area contributed by atoms with Crippen molar-refractivity contribution in [1.29, 1.82) is 0 Å². The molecule has 4 aliphatic rings. The molecule has 0 aliphatic carbocycles. The van der Waals surface area contributed by atoms with Crippen molar-refractivity contribution in [2.24, 2.45) is 11.8 Å². The Balaban J connectivity index is 1.23. The molecule has 1 amide bonds. The normalized spacial score (nSPS) is 30.7. The number of esters is 1. The summed E-state index contributed by atoms with van der Waals surface area (Å²) in [7, 11) is 2.86. The lowest BCUT2D eigenvalue weighted by atomic mass is 9.73. The van der Waals surface area contributed by atoms with Gasteiger partial charge in [-0.25, -0.2) is 4.79 Å². The van der Waals surface area contributed by atoms with E-state index in [-0.39, 0.29) is 29.2 Å². The van der Waals surface area contributed by atoms with Gasteiger partial charge in [-0.3, -0.25) is 4.79 Å². The van der Waals surface area contributed by atoms with Crippen LogP contribution in [0.25, 0.3) is 6.08 Å². The van der Waals surface area contributed by atoms with E-state index < -0.39 is 61.4 Å². The summed E-state index contributed by atoms with van der Waals surface area (Å²) < 4.78 is 33.8. The predicted octanol–water partition coefficient (Wildman–Crippen LogP) is 1.68. The molecule has 4 heterocycles. The van der Waals surface area contributed by atoms with Gasteiger partial charge in [0.15, 0.2) is 29.1 Å². The number of hydrogen-bond acceptors (Lipinski definition) is 13. The molecule has 0 aromatic heterocycles. The molecule has 2 aromatic rings. The quantitative estimate of drug-likeness (QED) is 0.146. The molecule has 2 saturated heterocycles. The van der Waals surface area contributed by atoms with Crippen LogP contribution in [0.2, 0.25) is 0 Å². The van der Waals surface area contributed by atoms with Gasteiger partial charge in [-0.15, -0.1) is 6.58 Å².